The van der Waals surface area contributed by atoms with Gasteiger partial charge in [0, 0.05) is 5.56 Å². The van der Waals surface area contributed by atoms with Gasteiger partial charge in [-0.15, -0.1) is 0 Å². The van der Waals surface area contributed by atoms with E-state index in [1.807, 2.05) is 13.0 Å². The van der Waals surface area contributed by atoms with Crippen molar-refractivity contribution in [2.24, 2.45) is 0 Å². The summed E-state index contributed by atoms with van der Waals surface area (Å²) < 4.78 is 5.22. The third kappa shape index (κ3) is 4.98. The number of carbonyl (C=O) groups excluding carboxylic acids is 3. The van der Waals surface area contributed by atoms with Crippen molar-refractivity contribution in [1.29, 1.82) is 0 Å². The van der Waals surface area contributed by atoms with Crippen LogP contribution >= 0.6 is 0 Å². The molecule has 6 nitrogen and oxygen atoms in total. The first-order valence-corrected chi connectivity index (χ1v) is 8.30. The van der Waals surface area contributed by atoms with E-state index < -0.39 is 11.9 Å². The molecule has 0 bridgehead atoms. The molecule has 0 unspecified atom stereocenters. The molecule has 27 heavy (non-hydrogen) atoms. The summed E-state index contributed by atoms with van der Waals surface area (Å²) in [7, 11) is 0. The van der Waals surface area contributed by atoms with Gasteiger partial charge in [0.25, 0.3) is 0 Å². The van der Waals surface area contributed by atoms with E-state index in [1.54, 1.807) is 6.08 Å². The van der Waals surface area contributed by atoms with Crippen LogP contribution in [0.4, 0.5) is 0 Å². The Morgan fingerprint density at radius 3 is 2.30 bits per heavy atom. The standard InChI is InChI=1S/C21H18O6/c1-2-3-4-5-16-10-17(13-23)19(11-18(16)20(24)25)27-21(26)15-8-6-14(12-22)7-9-15/h4-13H,2-3H2,1H3,(H,24,25)/b5-4+. The Balaban J connectivity index is 2.38. The third-order valence-electron chi connectivity index (χ3n) is 3.78. The van der Waals surface area contributed by atoms with Gasteiger partial charge in [-0.2, -0.15) is 0 Å². The maximum Gasteiger partial charge on any atom is 0.343 e. The lowest BCUT2D eigenvalue weighted by Crippen LogP contribution is -2.11. The van der Waals surface area contributed by atoms with Crippen LogP contribution in [0.1, 0.15) is 66.8 Å². The van der Waals surface area contributed by atoms with E-state index in [0.29, 0.717) is 23.7 Å². The second-order valence-electron chi connectivity index (χ2n) is 5.72. The average molecular weight is 366 g/mol. The summed E-state index contributed by atoms with van der Waals surface area (Å²) in [6, 6.07) is 8.26. The number of rotatable bonds is 8. The van der Waals surface area contributed by atoms with Crippen molar-refractivity contribution in [2.45, 2.75) is 19.8 Å². The molecular formula is C21H18O6. The molecule has 6 heteroatoms. The lowest BCUT2D eigenvalue weighted by molar-refractivity contribution is 0.0686. The number of hydrogen-bond acceptors (Lipinski definition) is 5. The van der Waals surface area contributed by atoms with E-state index >= 15 is 0 Å². The molecule has 0 fully saturated rings. The minimum absolute atomic E-state index is 0.0639. The molecule has 0 aliphatic rings. The Morgan fingerprint density at radius 1 is 1.04 bits per heavy atom. The first-order valence-electron chi connectivity index (χ1n) is 8.30. The summed E-state index contributed by atoms with van der Waals surface area (Å²) in [5.74, 6) is -2.10. The van der Waals surface area contributed by atoms with Gasteiger partial charge in [-0.05, 0) is 36.2 Å². The molecule has 0 saturated carbocycles. The van der Waals surface area contributed by atoms with Gasteiger partial charge in [0.15, 0.2) is 6.29 Å². The maximum absolute atomic E-state index is 12.3. The first-order chi connectivity index (χ1) is 13.0. The van der Waals surface area contributed by atoms with Crippen molar-refractivity contribution in [2.75, 3.05) is 0 Å². The largest absolute Gasteiger partial charge is 0.478 e. The van der Waals surface area contributed by atoms with Gasteiger partial charge < -0.3 is 9.84 Å². The molecule has 1 N–H and O–H groups in total. The molecule has 2 rings (SSSR count). The minimum Gasteiger partial charge on any atom is -0.478 e. The maximum atomic E-state index is 12.3. The number of aldehydes is 2. The fourth-order valence-electron chi connectivity index (χ4n) is 2.35. The van der Waals surface area contributed by atoms with Crippen LogP contribution in [-0.4, -0.2) is 29.6 Å². The number of esters is 1. The van der Waals surface area contributed by atoms with Crippen molar-refractivity contribution in [3.63, 3.8) is 0 Å². The Bertz CT molecular complexity index is 894. The Kier molecular flexibility index (Phi) is 6.77. The summed E-state index contributed by atoms with van der Waals surface area (Å²) in [5, 5.41) is 9.42. The average Bonchev–Trinajstić information content (AvgIpc) is 2.68. The minimum atomic E-state index is -1.20. The molecule has 0 aliphatic carbocycles. The molecular weight excluding hydrogens is 348 g/mol. The number of aromatic carboxylic acids is 1. The normalized spacial score (nSPS) is 10.6. The second-order valence-corrected chi connectivity index (χ2v) is 5.72. The molecule has 0 spiro atoms. The van der Waals surface area contributed by atoms with E-state index in [-0.39, 0.29) is 22.4 Å². The SMILES string of the molecule is CCC/C=C/c1cc(C=O)c(OC(=O)c2ccc(C=O)cc2)cc1C(=O)O. The second kappa shape index (κ2) is 9.24. The van der Waals surface area contributed by atoms with Crippen molar-refractivity contribution >= 4 is 30.6 Å². The van der Waals surface area contributed by atoms with Gasteiger partial charge in [0.1, 0.15) is 12.0 Å². The number of ether oxygens (including phenoxy) is 1. The predicted molar refractivity (Wildman–Crippen MR) is 99.5 cm³/mol. The molecule has 2 aromatic rings. The zero-order chi connectivity index (χ0) is 19.8. The number of unbranched alkanes of at least 4 members (excludes halogenated alkanes) is 1. The monoisotopic (exact) mass is 366 g/mol. The molecule has 0 atom stereocenters. The first kappa shape index (κ1) is 19.8. The van der Waals surface area contributed by atoms with Crippen molar-refractivity contribution in [3.8, 4) is 5.75 Å². The van der Waals surface area contributed by atoms with Crippen LogP contribution in [-0.2, 0) is 0 Å². The van der Waals surface area contributed by atoms with Gasteiger partial charge in [-0.1, -0.05) is 37.6 Å². The Labute approximate surface area is 156 Å². The predicted octanol–water partition coefficient (Wildman–Crippen LogP) is 4.04. The Morgan fingerprint density at radius 2 is 1.74 bits per heavy atom. The summed E-state index contributed by atoms with van der Waals surface area (Å²) in [6.07, 6.45) is 6.26. The molecule has 138 valence electrons. The van der Waals surface area contributed by atoms with Crippen LogP contribution in [0.5, 0.6) is 5.75 Å². The van der Waals surface area contributed by atoms with Crippen LogP contribution in [0.25, 0.3) is 6.08 Å². The highest BCUT2D eigenvalue weighted by Crippen LogP contribution is 2.25. The smallest absolute Gasteiger partial charge is 0.343 e. The van der Waals surface area contributed by atoms with Crippen LogP contribution in [0.3, 0.4) is 0 Å². The molecule has 0 saturated heterocycles. The quantitative estimate of drug-likeness (QED) is 0.430. The van der Waals surface area contributed by atoms with Crippen LogP contribution < -0.4 is 4.74 Å². The summed E-state index contributed by atoms with van der Waals surface area (Å²) in [4.78, 5) is 45.9. The fourth-order valence-corrected chi connectivity index (χ4v) is 2.35. The van der Waals surface area contributed by atoms with E-state index in [4.69, 9.17) is 4.74 Å². The highest BCUT2D eigenvalue weighted by Gasteiger charge is 2.17. The highest BCUT2D eigenvalue weighted by atomic mass is 16.5. The van der Waals surface area contributed by atoms with Gasteiger partial charge >= 0.3 is 11.9 Å². The zero-order valence-electron chi connectivity index (χ0n) is 14.7. The number of carbonyl (C=O) groups is 4. The molecule has 0 radical (unpaired) electrons. The van der Waals surface area contributed by atoms with Crippen LogP contribution in [0.2, 0.25) is 0 Å². The van der Waals surface area contributed by atoms with Crippen LogP contribution in [0, 0.1) is 0 Å². The van der Waals surface area contributed by atoms with Crippen molar-refractivity contribution in [1.82, 2.24) is 0 Å². The molecule has 0 aromatic heterocycles. The number of carboxylic acids is 1. The molecule has 0 amide bonds. The van der Waals surface area contributed by atoms with E-state index in [0.717, 1.165) is 18.9 Å². The molecule has 0 heterocycles. The topological polar surface area (TPSA) is 97.7 Å². The lowest BCUT2D eigenvalue weighted by Gasteiger charge is -2.10. The summed E-state index contributed by atoms with van der Waals surface area (Å²) in [5.41, 5.74) is 0.909. The van der Waals surface area contributed by atoms with E-state index in [9.17, 15) is 24.3 Å². The Hall–Kier alpha value is -3.54. The van der Waals surface area contributed by atoms with Crippen molar-refractivity contribution < 1.29 is 29.0 Å². The van der Waals surface area contributed by atoms with Gasteiger partial charge in [0.05, 0.1) is 16.7 Å². The summed E-state index contributed by atoms with van der Waals surface area (Å²) in [6.45, 7) is 1.99. The van der Waals surface area contributed by atoms with E-state index in [2.05, 4.69) is 0 Å². The lowest BCUT2D eigenvalue weighted by atomic mass is 10.0. The van der Waals surface area contributed by atoms with Gasteiger partial charge in [-0.25, -0.2) is 9.59 Å². The number of carboxylic acid groups (broad SMARTS) is 1. The number of allylic oxidation sites excluding steroid dienone is 1. The molecule has 2 aromatic carbocycles. The summed E-state index contributed by atoms with van der Waals surface area (Å²) >= 11 is 0. The highest BCUT2D eigenvalue weighted by molar-refractivity contribution is 5.97. The fraction of sp³-hybridized carbons (Fsp3) is 0.143. The van der Waals surface area contributed by atoms with Crippen LogP contribution in [0.15, 0.2) is 42.5 Å². The molecule has 0 aliphatic heterocycles. The third-order valence-corrected chi connectivity index (χ3v) is 3.78. The van der Waals surface area contributed by atoms with E-state index in [1.165, 1.54) is 30.3 Å². The van der Waals surface area contributed by atoms with Crippen molar-refractivity contribution in [3.05, 3.63) is 70.3 Å². The zero-order valence-corrected chi connectivity index (χ0v) is 14.7. The van der Waals surface area contributed by atoms with Gasteiger partial charge in [0.2, 0.25) is 0 Å². The number of hydrogen-bond donors (Lipinski definition) is 1. The van der Waals surface area contributed by atoms with Gasteiger partial charge in [-0.3, -0.25) is 9.59 Å². The number of benzene rings is 2.